The highest BCUT2D eigenvalue weighted by Gasteiger charge is 1.97. The Morgan fingerprint density at radius 2 is 1.88 bits per heavy atom. The van der Waals surface area contributed by atoms with Crippen molar-refractivity contribution in [2.45, 2.75) is 72.6 Å². The van der Waals surface area contributed by atoms with E-state index in [1.165, 1.54) is 44.3 Å². The summed E-state index contributed by atoms with van der Waals surface area (Å²) in [4.78, 5) is 0. The van der Waals surface area contributed by atoms with E-state index in [1.54, 1.807) is 0 Å². The van der Waals surface area contributed by atoms with Crippen molar-refractivity contribution in [1.82, 2.24) is 0 Å². The zero-order valence-electron chi connectivity index (χ0n) is 12.2. The van der Waals surface area contributed by atoms with Crippen LogP contribution < -0.4 is 0 Å². The zero-order valence-corrected chi connectivity index (χ0v) is 13.1. The second kappa shape index (κ2) is 12.3. The molecule has 0 spiro atoms. The normalized spacial score (nSPS) is 15.5. The van der Waals surface area contributed by atoms with E-state index in [0.29, 0.717) is 0 Å². The molecule has 0 saturated heterocycles. The third-order valence-corrected chi connectivity index (χ3v) is 4.55. The first-order valence-corrected chi connectivity index (χ1v) is 8.71. The molecule has 0 rings (SSSR count). The van der Waals surface area contributed by atoms with Crippen molar-refractivity contribution in [2.75, 3.05) is 5.75 Å². The Morgan fingerprint density at radius 3 is 2.47 bits per heavy atom. The Bertz CT molecular complexity index is 221. The monoisotopic (exact) mass is 257 g/mol. The van der Waals surface area contributed by atoms with Gasteiger partial charge in [-0.1, -0.05) is 64.0 Å². The third kappa shape index (κ3) is 10.7. The average molecular weight is 257 g/mol. The second-order valence-electron chi connectivity index (χ2n) is 4.83. The predicted molar refractivity (Wildman–Crippen MR) is 85.5 cm³/mol. The first-order chi connectivity index (χ1) is 8.24. The van der Waals surface area contributed by atoms with Gasteiger partial charge in [0.1, 0.15) is 0 Å². The molecule has 0 bridgehead atoms. The standard InChI is InChI=1S/C15H31NS/c1-5-8-13-17(14-9-6-2)16-12-11-15(4)10-7-3/h12-13,15H,5-11,14H2,1-4H3. The van der Waals surface area contributed by atoms with Crippen LogP contribution in [-0.4, -0.2) is 17.3 Å². The molecule has 2 heteroatoms. The molecule has 0 amide bonds. The minimum Gasteiger partial charge on any atom is -0.236 e. The van der Waals surface area contributed by atoms with Crippen LogP contribution in [0.5, 0.6) is 0 Å². The molecule has 1 nitrogen and oxygen atoms in total. The number of nitrogens with zero attached hydrogens (tertiary/aromatic N) is 1. The summed E-state index contributed by atoms with van der Waals surface area (Å²) in [6.07, 6.45) is 11.0. The van der Waals surface area contributed by atoms with Crippen LogP contribution in [0.15, 0.2) is 4.40 Å². The quantitative estimate of drug-likeness (QED) is 0.363. The molecule has 0 radical (unpaired) electrons. The van der Waals surface area contributed by atoms with E-state index in [0.717, 1.165) is 12.3 Å². The molecular formula is C15H31NS. The Balaban J connectivity index is 4.07. The number of unbranched alkanes of at least 4 members (excludes halogenated alkanes) is 2. The molecule has 2 unspecified atom stereocenters. The van der Waals surface area contributed by atoms with Crippen molar-refractivity contribution in [1.29, 1.82) is 0 Å². The molecule has 0 N–H and O–H groups in total. The summed E-state index contributed by atoms with van der Waals surface area (Å²) >= 11 is 0. The molecule has 0 aromatic carbocycles. The van der Waals surface area contributed by atoms with Crippen LogP contribution in [0.2, 0.25) is 0 Å². The van der Waals surface area contributed by atoms with Gasteiger partial charge in [-0.05, 0) is 30.5 Å². The van der Waals surface area contributed by atoms with Crippen LogP contribution in [-0.2, 0) is 0 Å². The van der Waals surface area contributed by atoms with Crippen molar-refractivity contribution >= 4 is 22.3 Å². The smallest absolute Gasteiger partial charge is 0.0122 e. The molecule has 2 atom stereocenters. The van der Waals surface area contributed by atoms with Crippen LogP contribution in [0.25, 0.3) is 0 Å². The van der Waals surface area contributed by atoms with Crippen molar-refractivity contribution in [2.24, 2.45) is 10.3 Å². The van der Waals surface area contributed by atoms with E-state index < -0.39 is 0 Å². The van der Waals surface area contributed by atoms with Crippen molar-refractivity contribution in [3.8, 4) is 0 Å². The Labute approximate surface area is 111 Å². The molecule has 102 valence electrons. The molecule has 0 heterocycles. The van der Waals surface area contributed by atoms with Gasteiger partial charge < -0.3 is 0 Å². The van der Waals surface area contributed by atoms with Crippen molar-refractivity contribution < 1.29 is 0 Å². The van der Waals surface area contributed by atoms with Gasteiger partial charge in [-0.3, -0.25) is 0 Å². The van der Waals surface area contributed by atoms with Crippen molar-refractivity contribution in [3.05, 3.63) is 0 Å². The summed E-state index contributed by atoms with van der Waals surface area (Å²) in [6, 6.07) is 0. The summed E-state index contributed by atoms with van der Waals surface area (Å²) in [7, 11) is 0.200. The predicted octanol–water partition coefficient (Wildman–Crippen LogP) is 5.47. The molecule has 0 aromatic rings. The van der Waals surface area contributed by atoms with E-state index >= 15 is 0 Å². The summed E-state index contributed by atoms with van der Waals surface area (Å²) in [6.45, 7) is 9.09. The van der Waals surface area contributed by atoms with Crippen LogP contribution in [0.1, 0.15) is 72.6 Å². The maximum atomic E-state index is 4.77. The summed E-state index contributed by atoms with van der Waals surface area (Å²) in [5, 5.41) is 2.43. The van der Waals surface area contributed by atoms with Gasteiger partial charge in [-0.25, -0.2) is 4.40 Å². The van der Waals surface area contributed by atoms with Crippen LogP contribution >= 0.6 is 10.7 Å². The first-order valence-electron chi connectivity index (χ1n) is 7.30. The fourth-order valence-electron chi connectivity index (χ4n) is 1.65. The van der Waals surface area contributed by atoms with Crippen LogP contribution in [0, 0.1) is 5.92 Å². The van der Waals surface area contributed by atoms with Gasteiger partial charge in [-0.2, -0.15) is 0 Å². The van der Waals surface area contributed by atoms with Gasteiger partial charge in [0.05, 0.1) is 0 Å². The fourth-order valence-corrected chi connectivity index (χ4v) is 3.38. The summed E-state index contributed by atoms with van der Waals surface area (Å²) in [5.74, 6) is 2.06. The first kappa shape index (κ1) is 16.9. The van der Waals surface area contributed by atoms with Gasteiger partial charge in [-0.15, -0.1) is 0 Å². The highest BCUT2D eigenvalue weighted by molar-refractivity contribution is 8.13. The van der Waals surface area contributed by atoms with Crippen molar-refractivity contribution in [3.63, 3.8) is 0 Å². The minimum atomic E-state index is 0.200. The Morgan fingerprint density at radius 1 is 1.12 bits per heavy atom. The van der Waals surface area contributed by atoms with Crippen LogP contribution in [0.4, 0.5) is 0 Å². The molecule has 0 aliphatic rings. The minimum absolute atomic E-state index is 0.200. The summed E-state index contributed by atoms with van der Waals surface area (Å²) < 4.78 is 4.77. The van der Waals surface area contributed by atoms with E-state index in [1.807, 2.05) is 0 Å². The van der Waals surface area contributed by atoms with E-state index in [9.17, 15) is 0 Å². The largest absolute Gasteiger partial charge is 0.236 e. The molecule has 0 aliphatic carbocycles. The van der Waals surface area contributed by atoms with Crippen LogP contribution in [0.3, 0.4) is 0 Å². The molecule has 0 aromatic heterocycles. The van der Waals surface area contributed by atoms with E-state index in [-0.39, 0.29) is 10.7 Å². The number of hydrogen-bond acceptors (Lipinski definition) is 1. The maximum Gasteiger partial charge on any atom is 0.0122 e. The topological polar surface area (TPSA) is 12.4 Å². The number of hydrogen-bond donors (Lipinski definition) is 0. The highest BCUT2D eigenvalue weighted by Crippen LogP contribution is 2.17. The maximum absolute atomic E-state index is 4.77. The SMILES string of the molecule is CCC/C=S(/CCCC)N=CCC(C)CCC. The molecule has 0 saturated carbocycles. The average Bonchev–Trinajstić information content (AvgIpc) is 2.32. The van der Waals surface area contributed by atoms with Gasteiger partial charge in [0, 0.05) is 12.0 Å². The fraction of sp³-hybridized carbons (Fsp3) is 0.867. The number of rotatable bonds is 10. The lowest BCUT2D eigenvalue weighted by atomic mass is 10.0. The molecular weight excluding hydrogens is 226 g/mol. The van der Waals surface area contributed by atoms with E-state index in [2.05, 4.69) is 39.3 Å². The summed E-state index contributed by atoms with van der Waals surface area (Å²) in [5.41, 5.74) is 0. The third-order valence-electron chi connectivity index (χ3n) is 2.81. The second-order valence-corrected chi connectivity index (χ2v) is 6.59. The van der Waals surface area contributed by atoms with E-state index in [4.69, 9.17) is 4.40 Å². The lowest BCUT2D eigenvalue weighted by Crippen LogP contribution is -1.94. The molecule has 0 fully saturated rings. The molecule has 17 heavy (non-hydrogen) atoms. The lowest BCUT2D eigenvalue weighted by Gasteiger charge is -2.06. The Hall–Kier alpha value is -0.110. The highest BCUT2D eigenvalue weighted by atomic mass is 32.2. The van der Waals surface area contributed by atoms with Gasteiger partial charge in [0.25, 0.3) is 0 Å². The van der Waals surface area contributed by atoms with Gasteiger partial charge in [0.15, 0.2) is 0 Å². The van der Waals surface area contributed by atoms with Gasteiger partial charge >= 0.3 is 0 Å². The van der Waals surface area contributed by atoms with Gasteiger partial charge in [0.2, 0.25) is 0 Å². The zero-order chi connectivity index (χ0) is 12.9. The Kier molecular flexibility index (Phi) is 12.3. The lowest BCUT2D eigenvalue weighted by molar-refractivity contribution is 0.548. The molecule has 0 aliphatic heterocycles.